The maximum atomic E-state index is 12.9. The van der Waals surface area contributed by atoms with Crippen molar-refractivity contribution in [3.05, 3.63) is 60.2 Å². The van der Waals surface area contributed by atoms with Crippen LogP contribution >= 0.6 is 0 Å². The van der Waals surface area contributed by atoms with Gasteiger partial charge in [0.05, 0.1) is 17.9 Å². The van der Waals surface area contributed by atoms with E-state index in [1.54, 1.807) is 6.07 Å². The smallest absolute Gasteiger partial charge is 0.212 e. The number of nitrogens with one attached hydrogen (secondary N) is 1. The lowest BCUT2D eigenvalue weighted by atomic mass is 9.85. The molecule has 2 rings (SSSR count). The predicted molar refractivity (Wildman–Crippen MR) is 81.1 cm³/mol. The molecule has 1 aromatic carbocycles. The van der Waals surface area contributed by atoms with Gasteiger partial charge in [0.15, 0.2) is 0 Å². The average Bonchev–Trinajstić information content (AvgIpc) is 2.40. The zero-order chi connectivity index (χ0) is 14.6. The van der Waals surface area contributed by atoms with Crippen molar-refractivity contribution in [2.24, 2.45) is 5.41 Å². The topological polar surface area (TPSA) is 24.9 Å². The van der Waals surface area contributed by atoms with Crippen molar-refractivity contribution in [2.45, 2.75) is 33.2 Å². The van der Waals surface area contributed by atoms with Crippen molar-refractivity contribution >= 4 is 5.69 Å². The lowest BCUT2D eigenvalue weighted by Crippen LogP contribution is -2.18. The van der Waals surface area contributed by atoms with Crippen LogP contribution < -0.4 is 5.32 Å². The van der Waals surface area contributed by atoms with Gasteiger partial charge in [0.1, 0.15) is 0 Å². The first kappa shape index (κ1) is 14.5. The minimum absolute atomic E-state index is 0.184. The fraction of sp³-hybridized carbons (Fsp3) is 0.353. The first-order chi connectivity index (χ1) is 9.44. The van der Waals surface area contributed by atoms with Crippen molar-refractivity contribution in [3.63, 3.8) is 0 Å². The Hall–Kier alpha value is -1.90. The van der Waals surface area contributed by atoms with E-state index in [0.717, 1.165) is 12.1 Å². The van der Waals surface area contributed by atoms with Gasteiger partial charge >= 0.3 is 0 Å². The second kappa shape index (κ2) is 6.04. The summed E-state index contributed by atoms with van der Waals surface area (Å²) in [5.41, 5.74) is 2.26. The molecule has 1 N–H and O–H groups in total. The average molecular weight is 272 g/mol. The van der Waals surface area contributed by atoms with E-state index >= 15 is 0 Å². The van der Waals surface area contributed by atoms with Gasteiger partial charge in [-0.1, -0.05) is 51.1 Å². The molecule has 2 nitrogen and oxygen atoms in total. The summed E-state index contributed by atoms with van der Waals surface area (Å²) < 4.78 is 12.9. The largest absolute Gasteiger partial charge is 0.377 e. The number of hydrogen-bond donors (Lipinski definition) is 1. The third-order valence-electron chi connectivity index (χ3n) is 3.09. The quantitative estimate of drug-likeness (QED) is 0.808. The summed E-state index contributed by atoms with van der Waals surface area (Å²) in [6.45, 7) is 6.65. The summed E-state index contributed by atoms with van der Waals surface area (Å²) in [5.74, 6) is -0.456. The van der Waals surface area contributed by atoms with E-state index in [-0.39, 0.29) is 11.5 Å². The molecule has 0 aliphatic heterocycles. The van der Waals surface area contributed by atoms with Crippen LogP contribution in [0.5, 0.6) is 0 Å². The molecular formula is C17H21FN2. The van der Waals surface area contributed by atoms with Crippen molar-refractivity contribution in [1.29, 1.82) is 0 Å². The van der Waals surface area contributed by atoms with Gasteiger partial charge in [-0.2, -0.15) is 4.39 Å². The van der Waals surface area contributed by atoms with Gasteiger partial charge in [0.25, 0.3) is 0 Å². The van der Waals surface area contributed by atoms with E-state index in [1.165, 1.54) is 17.8 Å². The SMILES string of the molecule is CC(C)(C)CC(Nc1ccc(F)nc1)c1ccccc1. The highest BCUT2D eigenvalue weighted by atomic mass is 19.1. The number of halogens is 1. The van der Waals surface area contributed by atoms with Gasteiger partial charge < -0.3 is 5.32 Å². The van der Waals surface area contributed by atoms with Crippen LogP contribution in [-0.2, 0) is 0 Å². The van der Waals surface area contributed by atoms with Gasteiger partial charge in [-0.15, -0.1) is 0 Å². The van der Waals surface area contributed by atoms with Crippen LogP contribution in [0, 0.1) is 11.4 Å². The maximum Gasteiger partial charge on any atom is 0.212 e. The molecule has 1 atom stereocenters. The van der Waals surface area contributed by atoms with Crippen LogP contribution in [0.4, 0.5) is 10.1 Å². The molecule has 0 saturated carbocycles. The molecule has 0 amide bonds. The molecule has 20 heavy (non-hydrogen) atoms. The first-order valence-electron chi connectivity index (χ1n) is 6.87. The molecular weight excluding hydrogens is 251 g/mol. The summed E-state index contributed by atoms with van der Waals surface area (Å²) in [5, 5.41) is 3.45. The summed E-state index contributed by atoms with van der Waals surface area (Å²) >= 11 is 0. The first-order valence-corrected chi connectivity index (χ1v) is 6.87. The molecule has 1 heterocycles. The van der Waals surface area contributed by atoms with Crippen LogP contribution in [0.1, 0.15) is 38.8 Å². The molecule has 106 valence electrons. The molecule has 0 bridgehead atoms. The number of rotatable bonds is 4. The van der Waals surface area contributed by atoms with Gasteiger partial charge in [0, 0.05) is 0 Å². The number of nitrogens with zero attached hydrogens (tertiary/aromatic N) is 1. The number of anilines is 1. The second-order valence-corrected chi connectivity index (χ2v) is 6.24. The third kappa shape index (κ3) is 4.34. The Kier molecular flexibility index (Phi) is 4.38. The minimum atomic E-state index is -0.456. The van der Waals surface area contributed by atoms with E-state index < -0.39 is 5.95 Å². The van der Waals surface area contributed by atoms with Crippen LogP contribution in [0.15, 0.2) is 48.7 Å². The Morgan fingerprint density at radius 2 is 1.80 bits per heavy atom. The van der Waals surface area contributed by atoms with Gasteiger partial charge in [-0.25, -0.2) is 4.98 Å². The minimum Gasteiger partial charge on any atom is -0.377 e. The van der Waals surface area contributed by atoms with Crippen molar-refractivity contribution in [2.75, 3.05) is 5.32 Å². The van der Waals surface area contributed by atoms with Gasteiger partial charge in [0.2, 0.25) is 5.95 Å². The van der Waals surface area contributed by atoms with Gasteiger partial charge in [-0.3, -0.25) is 0 Å². The standard InChI is InChI=1S/C17H21FN2/c1-17(2,3)11-15(13-7-5-4-6-8-13)20-14-9-10-16(18)19-12-14/h4-10,12,15,20H,11H2,1-3H3. The highest BCUT2D eigenvalue weighted by molar-refractivity contribution is 5.43. The Bertz CT molecular complexity index is 529. The van der Waals surface area contributed by atoms with Crippen molar-refractivity contribution in [1.82, 2.24) is 4.98 Å². The summed E-state index contributed by atoms with van der Waals surface area (Å²) in [6, 6.07) is 13.6. The number of pyridine rings is 1. The summed E-state index contributed by atoms with van der Waals surface area (Å²) in [7, 11) is 0. The molecule has 2 aromatic rings. The highest BCUT2D eigenvalue weighted by Crippen LogP contribution is 2.31. The lowest BCUT2D eigenvalue weighted by molar-refractivity contribution is 0.352. The Labute approximate surface area is 120 Å². The fourth-order valence-corrected chi connectivity index (χ4v) is 2.21. The molecule has 0 aliphatic rings. The van der Waals surface area contributed by atoms with Crippen LogP contribution in [0.2, 0.25) is 0 Å². The fourth-order valence-electron chi connectivity index (χ4n) is 2.21. The lowest BCUT2D eigenvalue weighted by Gasteiger charge is -2.28. The van der Waals surface area contributed by atoms with Crippen LogP contribution in [0.3, 0.4) is 0 Å². The number of aromatic nitrogens is 1. The normalized spacial score (nSPS) is 13.0. The molecule has 1 unspecified atom stereocenters. The Morgan fingerprint density at radius 3 is 2.35 bits per heavy atom. The summed E-state index contributed by atoms with van der Waals surface area (Å²) in [6.07, 6.45) is 2.52. The molecule has 0 aliphatic carbocycles. The molecule has 0 radical (unpaired) electrons. The van der Waals surface area contributed by atoms with E-state index in [1.807, 2.05) is 18.2 Å². The second-order valence-electron chi connectivity index (χ2n) is 6.24. The molecule has 0 fully saturated rings. The van der Waals surface area contributed by atoms with E-state index in [4.69, 9.17) is 0 Å². The van der Waals surface area contributed by atoms with E-state index in [0.29, 0.717) is 0 Å². The van der Waals surface area contributed by atoms with E-state index in [2.05, 4.69) is 43.2 Å². The maximum absolute atomic E-state index is 12.9. The highest BCUT2D eigenvalue weighted by Gasteiger charge is 2.20. The van der Waals surface area contributed by atoms with Crippen molar-refractivity contribution < 1.29 is 4.39 Å². The number of hydrogen-bond acceptors (Lipinski definition) is 2. The van der Waals surface area contributed by atoms with E-state index in [9.17, 15) is 4.39 Å². The monoisotopic (exact) mass is 272 g/mol. The molecule has 1 aromatic heterocycles. The third-order valence-corrected chi connectivity index (χ3v) is 3.09. The Balaban J connectivity index is 2.20. The predicted octanol–water partition coefficient (Wildman–Crippen LogP) is 4.81. The molecule has 0 saturated heterocycles. The van der Waals surface area contributed by atoms with Crippen LogP contribution in [-0.4, -0.2) is 4.98 Å². The zero-order valence-electron chi connectivity index (χ0n) is 12.2. The summed E-state index contributed by atoms with van der Waals surface area (Å²) in [4.78, 5) is 3.69. The van der Waals surface area contributed by atoms with Gasteiger partial charge in [-0.05, 0) is 29.5 Å². The van der Waals surface area contributed by atoms with Crippen molar-refractivity contribution in [3.8, 4) is 0 Å². The molecule has 0 spiro atoms. The van der Waals surface area contributed by atoms with Crippen LogP contribution in [0.25, 0.3) is 0 Å². The molecule has 3 heteroatoms. The Morgan fingerprint density at radius 1 is 1.10 bits per heavy atom. The number of benzene rings is 1. The zero-order valence-corrected chi connectivity index (χ0v) is 12.2.